The Labute approximate surface area is 471 Å². The van der Waals surface area contributed by atoms with Crippen molar-refractivity contribution in [1.82, 2.24) is 5.32 Å². The summed E-state index contributed by atoms with van der Waals surface area (Å²) in [4.78, 5) is 25.6. The van der Waals surface area contributed by atoms with Gasteiger partial charge in [0.2, 0.25) is 5.91 Å². The van der Waals surface area contributed by atoms with Crippen LogP contribution in [0.3, 0.4) is 0 Å². The van der Waals surface area contributed by atoms with Gasteiger partial charge in [0.15, 0.2) is 0 Å². The first-order valence-electron chi connectivity index (χ1n) is 31.9. The number of carbonyl (C=O) groups is 1. The molecule has 0 spiro atoms. The molecule has 0 aromatic heterocycles. The summed E-state index contributed by atoms with van der Waals surface area (Å²) < 4.78 is 23.4. The van der Waals surface area contributed by atoms with Gasteiger partial charge in [-0.25, -0.2) is 0 Å². The highest BCUT2D eigenvalue weighted by Gasteiger charge is 2.23. The molecule has 0 aromatic rings. The molecular formula is C67H123N2O6P. The maximum atomic E-state index is 13.0. The summed E-state index contributed by atoms with van der Waals surface area (Å²) in [5.74, 6) is -0.214. The van der Waals surface area contributed by atoms with Crippen molar-refractivity contribution in [2.45, 2.75) is 296 Å². The number of aliphatic hydroxyl groups excluding tert-OH is 1. The number of nitrogens with one attached hydrogen (secondary N) is 1. The number of nitrogens with zero attached hydrogens (tertiary/aromatic N) is 1. The number of allylic oxidation sites excluding steroid dienone is 13. The Bertz CT molecular complexity index is 1510. The van der Waals surface area contributed by atoms with Crippen molar-refractivity contribution in [2.24, 2.45) is 0 Å². The molecule has 3 unspecified atom stereocenters. The van der Waals surface area contributed by atoms with E-state index in [1.807, 2.05) is 27.2 Å². The molecule has 0 rings (SSSR count). The van der Waals surface area contributed by atoms with E-state index < -0.39 is 26.6 Å². The molecule has 0 fully saturated rings. The van der Waals surface area contributed by atoms with Crippen molar-refractivity contribution in [3.8, 4) is 0 Å². The normalized spacial score (nSPS) is 14.4. The fraction of sp³-hybridized carbons (Fsp3) is 0.776. The van der Waals surface area contributed by atoms with Crippen LogP contribution in [0.1, 0.15) is 284 Å². The first-order valence-corrected chi connectivity index (χ1v) is 33.4. The molecule has 0 aliphatic heterocycles. The van der Waals surface area contributed by atoms with Gasteiger partial charge in [-0.2, -0.15) is 0 Å². The second-order valence-corrected chi connectivity index (χ2v) is 24.1. The summed E-state index contributed by atoms with van der Waals surface area (Å²) in [7, 11) is 1.23. The summed E-state index contributed by atoms with van der Waals surface area (Å²) in [5, 5.41) is 13.9. The number of amides is 1. The molecule has 0 aliphatic rings. The predicted octanol–water partition coefficient (Wildman–Crippen LogP) is 19.4. The van der Waals surface area contributed by atoms with Crippen molar-refractivity contribution in [3.05, 3.63) is 85.1 Å². The molecule has 2 N–H and O–H groups in total. The molecule has 1 amide bonds. The molecule has 76 heavy (non-hydrogen) atoms. The fourth-order valence-corrected chi connectivity index (χ4v) is 9.84. The molecule has 0 bridgehead atoms. The van der Waals surface area contributed by atoms with Crippen LogP contribution in [0.2, 0.25) is 0 Å². The number of rotatable bonds is 58. The third-order valence-electron chi connectivity index (χ3n) is 14.1. The van der Waals surface area contributed by atoms with Gasteiger partial charge < -0.3 is 28.8 Å². The Kier molecular flexibility index (Phi) is 55.6. The minimum absolute atomic E-state index is 0.0125. The number of likely N-dealkylation sites (N-methyl/N-ethyl adjacent to an activating group) is 1. The lowest BCUT2D eigenvalue weighted by Gasteiger charge is -2.29. The van der Waals surface area contributed by atoms with Crippen LogP contribution in [0.4, 0.5) is 0 Å². The molecule has 8 nitrogen and oxygen atoms in total. The number of phosphoric acid groups is 1. The minimum atomic E-state index is -4.62. The molecule has 0 aromatic carbocycles. The molecule has 0 saturated heterocycles. The zero-order valence-electron chi connectivity index (χ0n) is 50.4. The Balaban J connectivity index is 4.22. The Morgan fingerprint density at radius 2 is 0.816 bits per heavy atom. The number of phosphoric ester groups is 1. The maximum absolute atomic E-state index is 13.0. The van der Waals surface area contributed by atoms with E-state index in [0.29, 0.717) is 17.4 Å². The zero-order valence-corrected chi connectivity index (χ0v) is 51.3. The van der Waals surface area contributed by atoms with E-state index in [-0.39, 0.29) is 12.5 Å². The lowest BCUT2D eigenvalue weighted by atomic mass is 10.0. The largest absolute Gasteiger partial charge is 0.756 e. The Morgan fingerprint density at radius 3 is 1.22 bits per heavy atom. The van der Waals surface area contributed by atoms with Crippen molar-refractivity contribution in [1.29, 1.82) is 0 Å². The van der Waals surface area contributed by atoms with Crippen LogP contribution in [0, 0.1) is 0 Å². The highest BCUT2D eigenvalue weighted by Crippen LogP contribution is 2.38. The van der Waals surface area contributed by atoms with Crippen molar-refractivity contribution in [2.75, 3.05) is 40.9 Å². The third kappa shape index (κ3) is 59.3. The van der Waals surface area contributed by atoms with E-state index in [4.69, 9.17) is 9.05 Å². The number of aliphatic hydroxyl groups is 1. The minimum Gasteiger partial charge on any atom is -0.756 e. The highest BCUT2D eigenvalue weighted by atomic mass is 31.2. The number of hydrogen-bond donors (Lipinski definition) is 2. The molecule has 9 heteroatoms. The van der Waals surface area contributed by atoms with Gasteiger partial charge in [-0.1, -0.05) is 279 Å². The van der Waals surface area contributed by atoms with Crippen LogP contribution in [-0.2, 0) is 18.4 Å². The van der Waals surface area contributed by atoms with Gasteiger partial charge in [-0.15, -0.1) is 0 Å². The molecule has 0 aliphatic carbocycles. The monoisotopic (exact) mass is 1080 g/mol. The first-order chi connectivity index (χ1) is 37.0. The summed E-state index contributed by atoms with van der Waals surface area (Å²) in [5.41, 5.74) is 0. The Morgan fingerprint density at radius 1 is 0.474 bits per heavy atom. The molecule has 0 heterocycles. The van der Waals surface area contributed by atoms with E-state index in [0.717, 1.165) is 70.6 Å². The zero-order chi connectivity index (χ0) is 55.6. The van der Waals surface area contributed by atoms with Gasteiger partial charge in [0.1, 0.15) is 13.2 Å². The van der Waals surface area contributed by atoms with Gasteiger partial charge >= 0.3 is 0 Å². The van der Waals surface area contributed by atoms with E-state index in [1.165, 1.54) is 193 Å². The number of carbonyl (C=O) groups excluding carboxylic acids is 1. The summed E-state index contributed by atoms with van der Waals surface area (Å²) in [6.45, 7) is 4.53. The second kappa shape index (κ2) is 57.4. The smallest absolute Gasteiger partial charge is 0.268 e. The van der Waals surface area contributed by atoms with Crippen molar-refractivity contribution >= 4 is 13.7 Å². The van der Waals surface area contributed by atoms with Crippen LogP contribution in [0.25, 0.3) is 0 Å². The second-order valence-electron chi connectivity index (χ2n) is 22.7. The van der Waals surface area contributed by atoms with Gasteiger partial charge in [-0.05, 0) is 83.5 Å². The summed E-state index contributed by atoms with van der Waals surface area (Å²) in [6.07, 6.45) is 81.2. The lowest BCUT2D eigenvalue weighted by molar-refractivity contribution is -0.870. The lowest BCUT2D eigenvalue weighted by Crippen LogP contribution is -2.45. The molecule has 3 atom stereocenters. The predicted molar refractivity (Wildman–Crippen MR) is 330 cm³/mol. The SMILES string of the molecule is CC/C=C\C/C=C\C/C=C\C/C=C\CCCCCCCCCCCCCCC(=O)NC(COP(=O)([O-])OCC[N+](C)(C)C)C(O)/C=C/CC/C=C/CC/C=C/CCCCCCCCCCCCCCCCCCCCC. The average molecular weight is 1080 g/mol. The highest BCUT2D eigenvalue weighted by molar-refractivity contribution is 7.45. The molecule has 442 valence electrons. The average Bonchev–Trinajstić information content (AvgIpc) is 3.38. The van der Waals surface area contributed by atoms with E-state index >= 15 is 0 Å². The number of hydrogen-bond acceptors (Lipinski definition) is 6. The number of quaternary nitrogens is 1. The van der Waals surface area contributed by atoms with Crippen LogP contribution in [0.5, 0.6) is 0 Å². The van der Waals surface area contributed by atoms with Crippen LogP contribution < -0.4 is 10.2 Å². The van der Waals surface area contributed by atoms with Crippen molar-refractivity contribution in [3.63, 3.8) is 0 Å². The fourth-order valence-electron chi connectivity index (χ4n) is 9.12. The van der Waals surface area contributed by atoms with Crippen LogP contribution >= 0.6 is 7.82 Å². The third-order valence-corrected chi connectivity index (χ3v) is 15.0. The van der Waals surface area contributed by atoms with E-state index in [1.54, 1.807) is 6.08 Å². The van der Waals surface area contributed by atoms with Gasteiger partial charge in [0.05, 0.1) is 39.9 Å². The van der Waals surface area contributed by atoms with Gasteiger partial charge in [0, 0.05) is 6.42 Å². The van der Waals surface area contributed by atoms with Crippen LogP contribution in [0.15, 0.2) is 85.1 Å². The standard InChI is InChI=1S/C67H123N2O6P/c1-6-8-10-12-14-16-18-20-22-24-26-28-30-32-33-34-35-37-38-40-42-44-46-48-50-52-54-56-58-60-66(70)65(64-75-76(72,73)74-63-62-69(3,4)5)68-67(71)61-59-57-55-53-51-49-47-45-43-41-39-36-31-29-27-25-23-21-19-17-15-13-11-9-7-2/h9,11,15,17,21,23,27,29,42,44,50,52,58,60,65-66,70H,6-8,10,12-14,16,18-20,22,24-26,28,30-41,43,45-49,51,53-57,59,61-64H2,1-5H3,(H-,68,71,72,73)/b11-9-,17-15-,23-21-,29-27-,44-42+,52-50+,60-58+. The topological polar surface area (TPSA) is 108 Å². The molecule has 0 radical (unpaired) electrons. The van der Waals surface area contributed by atoms with Gasteiger partial charge in [-0.3, -0.25) is 9.36 Å². The Hall–Kier alpha value is -2.32. The number of unbranched alkanes of at least 4 members (excludes halogenated alkanes) is 33. The maximum Gasteiger partial charge on any atom is 0.268 e. The van der Waals surface area contributed by atoms with E-state index in [9.17, 15) is 19.4 Å². The molecule has 0 saturated carbocycles. The molecular weight excluding hydrogens is 960 g/mol. The quantitative estimate of drug-likeness (QED) is 0.0272. The van der Waals surface area contributed by atoms with Crippen LogP contribution in [-0.4, -0.2) is 68.5 Å². The van der Waals surface area contributed by atoms with Crippen molar-refractivity contribution < 1.29 is 32.9 Å². The summed E-state index contributed by atoms with van der Waals surface area (Å²) in [6, 6.07) is -0.917. The van der Waals surface area contributed by atoms with Gasteiger partial charge in [0.25, 0.3) is 7.82 Å². The van der Waals surface area contributed by atoms with E-state index in [2.05, 4.69) is 92.1 Å². The first kappa shape index (κ1) is 73.7. The summed E-state index contributed by atoms with van der Waals surface area (Å²) >= 11 is 0.